The molecule has 0 bridgehead atoms. The Hall–Kier alpha value is -1.26. The Labute approximate surface area is 141 Å². The van der Waals surface area contributed by atoms with Gasteiger partial charge in [0.15, 0.2) is 0 Å². The van der Waals surface area contributed by atoms with E-state index < -0.39 is 12.0 Å². The van der Waals surface area contributed by atoms with E-state index in [4.69, 9.17) is 10.5 Å². The van der Waals surface area contributed by atoms with Crippen LogP contribution in [0.25, 0.3) is 0 Å². The van der Waals surface area contributed by atoms with Gasteiger partial charge in [-0.2, -0.15) is 0 Å². The number of carbonyl (C=O) groups excluding carboxylic acids is 2. The maximum absolute atomic E-state index is 11.2. The number of nitrogens with two attached hydrogens (primary N) is 1. The van der Waals surface area contributed by atoms with Crippen LogP contribution in [0.4, 0.5) is 4.79 Å². The second kappa shape index (κ2) is 17.1. The lowest BCUT2D eigenvalue weighted by Gasteiger charge is -2.05. The largest absolute Gasteiger partial charge is 0.464 e. The van der Waals surface area contributed by atoms with Crippen molar-refractivity contribution in [2.45, 2.75) is 90.4 Å². The number of primary amides is 1. The van der Waals surface area contributed by atoms with Crippen molar-refractivity contribution in [1.82, 2.24) is 5.32 Å². The Balaban J connectivity index is 3.10. The van der Waals surface area contributed by atoms with Crippen LogP contribution in [0.5, 0.6) is 0 Å². The van der Waals surface area contributed by atoms with Crippen LogP contribution in [0.1, 0.15) is 90.4 Å². The lowest BCUT2D eigenvalue weighted by atomic mass is 10.0. The molecule has 136 valence electrons. The fourth-order valence-corrected chi connectivity index (χ4v) is 2.52. The van der Waals surface area contributed by atoms with E-state index in [0.29, 0.717) is 6.61 Å². The number of urea groups is 1. The summed E-state index contributed by atoms with van der Waals surface area (Å²) in [6.07, 6.45) is 16.8. The molecule has 0 rings (SSSR count). The Morgan fingerprint density at radius 2 is 1.22 bits per heavy atom. The van der Waals surface area contributed by atoms with Crippen molar-refractivity contribution >= 4 is 12.0 Å². The molecule has 0 saturated heterocycles. The van der Waals surface area contributed by atoms with Crippen LogP contribution in [-0.4, -0.2) is 25.2 Å². The highest BCUT2D eigenvalue weighted by Crippen LogP contribution is 2.12. The second-order valence-electron chi connectivity index (χ2n) is 6.18. The zero-order valence-electron chi connectivity index (χ0n) is 14.9. The summed E-state index contributed by atoms with van der Waals surface area (Å²) < 4.78 is 4.98. The van der Waals surface area contributed by atoms with Gasteiger partial charge < -0.3 is 15.8 Å². The first-order valence-corrected chi connectivity index (χ1v) is 9.35. The quantitative estimate of drug-likeness (QED) is 0.327. The SMILES string of the molecule is CCCCCCCCCCCCCCCOC(=O)CNC(N)=O. The van der Waals surface area contributed by atoms with E-state index in [1.54, 1.807) is 0 Å². The first-order valence-electron chi connectivity index (χ1n) is 9.35. The topological polar surface area (TPSA) is 81.4 Å². The van der Waals surface area contributed by atoms with Gasteiger partial charge in [0.05, 0.1) is 6.61 Å². The van der Waals surface area contributed by atoms with E-state index in [1.165, 1.54) is 70.6 Å². The third-order valence-electron chi connectivity index (χ3n) is 3.92. The first-order chi connectivity index (χ1) is 11.2. The molecule has 5 nitrogen and oxygen atoms in total. The van der Waals surface area contributed by atoms with Gasteiger partial charge in [-0.15, -0.1) is 0 Å². The summed E-state index contributed by atoms with van der Waals surface area (Å²) in [5, 5.41) is 2.21. The maximum atomic E-state index is 11.2. The van der Waals surface area contributed by atoms with Crippen molar-refractivity contribution in [3.63, 3.8) is 0 Å². The lowest BCUT2D eigenvalue weighted by molar-refractivity contribution is -0.142. The van der Waals surface area contributed by atoms with Crippen LogP contribution in [0.3, 0.4) is 0 Å². The van der Waals surface area contributed by atoms with Crippen LogP contribution in [-0.2, 0) is 9.53 Å². The molecule has 0 spiro atoms. The van der Waals surface area contributed by atoms with Crippen LogP contribution >= 0.6 is 0 Å². The highest BCUT2D eigenvalue weighted by molar-refractivity contribution is 5.79. The molecule has 0 aliphatic heterocycles. The maximum Gasteiger partial charge on any atom is 0.325 e. The van der Waals surface area contributed by atoms with Gasteiger partial charge >= 0.3 is 12.0 Å². The number of amides is 2. The molecule has 23 heavy (non-hydrogen) atoms. The molecule has 0 radical (unpaired) electrons. The van der Waals surface area contributed by atoms with Gasteiger partial charge in [0, 0.05) is 0 Å². The van der Waals surface area contributed by atoms with Gasteiger partial charge in [0.25, 0.3) is 0 Å². The van der Waals surface area contributed by atoms with Crippen LogP contribution in [0.2, 0.25) is 0 Å². The zero-order valence-corrected chi connectivity index (χ0v) is 14.9. The Bertz CT molecular complexity index is 296. The standard InChI is InChI=1S/C18H36N2O3/c1-2-3-4-5-6-7-8-9-10-11-12-13-14-15-23-17(21)16-20-18(19)22/h2-16H2,1H3,(H3,19,20,22). The fraction of sp³-hybridized carbons (Fsp3) is 0.889. The molecule has 5 heteroatoms. The van der Waals surface area contributed by atoms with Gasteiger partial charge in [-0.3, -0.25) is 4.79 Å². The van der Waals surface area contributed by atoms with E-state index in [2.05, 4.69) is 12.2 Å². The third kappa shape index (κ3) is 18.7. The summed E-state index contributed by atoms with van der Waals surface area (Å²) in [6.45, 7) is 2.54. The van der Waals surface area contributed by atoms with Crippen molar-refractivity contribution in [3.8, 4) is 0 Å². The van der Waals surface area contributed by atoms with Crippen LogP contribution < -0.4 is 11.1 Å². The van der Waals surface area contributed by atoms with Crippen molar-refractivity contribution in [1.29, 1.82) is 0 Å². The van der Waals surface area contributed by atoms with Crippen LogP contribution in [0, 0.1) is 0 Å². The number of carbonyl (C=O) groups is 2. The molecule has 0 saturated carbocycles. The molecule has 0 aromatic heterocycles. The predicted molar refractivity (Wildman–Crippen MR) is 94.2 cm³/mol. The fourth-order valence-electron chi connectivity index (χ4n) is 2.52. The highest BCUT2D eigenvalue weighted by Gasteiger charge is 2.03. The lowest BCUT2D eigenvalue weighted by Crippen LogP contribution is -2.34. The van der Waals surface area contributed by atoms with E-state index in [0.717, 1.165) is 12.8 Å². The molecule has 0 aliphatic rings. The smallest absolute Gasteiger partial charge is 0.325 e. The molecule has 0 fully saturated rings. The van der Waals surface area contributed by atoms with E-state index in [-0.39, 0.29) is 6.54 Å². The molecule has 3 N–H and O–H groups in total. The highest BCUT2D eigenvalue weighted by atomic mass is 16.5. The van der Waals surface area contributed by atoms with Crippen molar-refractivity contribution < 1.29 is 14.3 Å². The average Bonchev–Trinajstić information content (AvgIpc) is 2.53. The van der Waals surface area contributed by atoms with Crippen molar-refractivity contribution in [3.05, 3.63) is 0 Å². The van der Waals surface area contributed by atoms with E-state index >= 15 is 0 Å². The normalized spacial score (nSPS) is 10.5. The zero-order chi connectivity index (χ0) is 17.2. The third-order valence-corrected chi connectivity index (χ3v) is 3.92. The van der Waals surface area contributed by atoms with Gasteiger partial charge in [0.2, 0.25) is 0 Å². The first kappa shape index (κ1) is 21.7. The van der Waals surface area contributed by atoms with Gasteiger partial charge in [0.1, 0.15) is 6.54 Å². The minimum absolute atomic E-state index is 0.145. The van der Waals surface area contributed by atoms with Crippen molar-refractivity contribution in [2.24, 2.45) is 5.73 Å². The summed E-state index contributed by atoms with van der Waals surface area (Å²) in [5.74, 6) is -0.428. The summed E-state index contributed by atoms with van der Waals surface area (Å²) in [6, 6.07) is -0.706. The number of hydrogen-bond donors (Lipinski definition) is 2. The Morgan fingerprint density at radius 1 is 0.783 bits per heavy atom. The van der Waals surface area contributed by atoms with Gasteiger partial charge in [-0.1, -0.05) is 84.0 Å². The van der Waals surface area contributed by atoms with E-state index in [9.17, 15) is 9.59 Å². The summed E-state index contributed by atoms with van der Waals surface area (Å²) in [7, 11) is 0. The number of esters is 1. The molecule has 0 heterocycles. The number of ether oxygens (including phenoxy) is 1. The van der Waals surface area contributed by atoms with Gasteiger partial charge in [-0.05, 0) is 6.42 Å². The monoisotopic (exact) mass is 328 g/mol. The predicted octanol–water partition coefficient (Wildman–Crippen LogP) is 4.29. The molecular formula is C18H36N2O3. The molecule has 0 unspecified atom stereocenters. The molecular weight excluding hydrogens is 292 g/mol. The minimum atomic E-state index is -0.706. The Morgan fingerprint density at radius 3 is 1.65 bits per heavy atom. The average molecular weight is 328 g/mol. The molecule has 0 aliphatic carbocycles. The van der Waals surface area contributed by atoms with E-state index in [1.807, 2.05) is 0 Å². The Kier molecular flexibility index (Phi) is 16.2. The minimum Gasteiger partial charge on any atom is -0.464 e. The number of rotatable bonds is 16. The molecule has 0 atom stereocenters. The second-order valence-corrected chi connectivity index (χ2v) is 6.18. The molecule has 2 amide bonds. The summed E-state index contributed by atoms with van der Waals surface area (Å²) in [4.78, 5) is 21.6. The van der Waals surface area contributed by atoms with Gasteiger partial charge in [-0.25, -0.2) is 4.79 Å². The summed E-state index contributed by atoms with van der Waals surface area (Å²) in [5.41, 5.74) is 4.86. The number of hydrogen-bond acceptors (Lipinski definition) is 3. The van der Waals surface area contributed by atoms with Crippen LogP contribution in [0.15, 0.2) is 0 Å². The molecule has 0 aromatic rings. The number of nitrogens with one attached hydrogen (secondary N) is 1. The number of unbranched alkanes of at least 4 members (excludes halogenated alkanes) is 12. The molecule has 0 aromatic carbocycles. The summed E-state index contributed by atoms with van der Waals surface area (Å²) >= 11 is 0. The van der Waals surface area contributed by atoms with Crippen molar-refractivity contribution in [2.75, 3.05) is 13.2 Å².